The van der Waals surface area contributed by atoms with Crippen LogP contribution >= 0.6 is 0 Å². The number of hydrogen-bond donors (Lipinski definition) is 1. The Kier molecular flexibility index (Phi) is 6.30. The summed E-state index contributed by atoms with van der Waals surface area (Å²) in [7, 11) is 0. The van der Waals surface area contributed by atoms with Crippen molar-refractivity contribution in [1.82, 2.24) is 0 Å². The lowest BCUT2D eigenvalue weighted by Gasteiger charge is -2.04. The van der Waals surface area contributed by atoms with Crippen LogP contribution in [0.25, 0.3) is 0 Å². The lowest BCUT2D eigenvalue weighted by atomic mass is 10.2. The van der Waals surface area contributed by atoms with Gasteiger partial charge >= 0.3 is 0 Å². The molecule has 0 aromatic rings. The fourth-order valence-electron chi connectivity index (χ4n) is 0.908. The molecule has 0 aromatic heterocycles. The number of rotatable bonds is 4. The van der Waals surface area contributed by atoms with Crippen molar-refractivity contribution < 1.29 is 4.39 Å². The molecule has 4 heteroatoms. The molecule has 0 aliphatic carbocycles. The van der Waals surface area contributed by atoms with E-state index in [-0.39, 0.29) is 5.84 Å². The van der Waals surface area contributed by atoms with Crippen molar-refractivity contribution in [1.29, 1.82) is 0 Å². The summed E-state index contributed by atoms with van der Waals surface area (Å²) in [6.45, 7) is 9.30. The van der Waals surface area contributed by atoms with E-state index in [1.807, 2.05) is 27.7 Å². The van der Waals surface area contributed by atoms with Gasteiger partial charge < -0.3 is 5.73 Å². The van der Waals surface area contributed by atoms with Gasteiger partial charge in [-0.3, -0.25) is 4.99 Å². The minimum absolute atomic E-state index is 0.104. The van der Waals surface area contributed by atoms with Gasteiger partial charge in [-0.1, -0.05) is 13.8 Å². The van der Waals surface area contributed by atoms with Crippen molar-refractivity contribution in [2.45, 2.75) is 34.6 Å². The highest BCUT2D eigenvalue weighted by atomic mass is 19.1. The van der Waals surface area contributed by atoms with Crippen LogP contribution in [-0.2, 0) is 0 Å². The molecule has 0 atom stereocenters. The lowest BCUT2D eigenvalue weighted by Crippen LogP contribution is -2.15. The van der Waals surface area contributed by atoms with E-state index in [0.717, 1.165) is 5.57 Å². The summed E-state index contributed by atoms with van der Waals surface area (Å²) < 4.78 is 12.9. The first kappa shape index (κ1) is 14.6. The molecule has 0 bridgehead atoms. The van der Waals surface area contributed by atoms with Crippen LogP contribution in [0.15, 0.2) is 33.3 Å². The quantitative estimate of drug-likeness (QED) is 0.446. The van der Waals surface area contributed by atoms with Gasteiger partial charge in [-0.15, -0.1) is 0 Å². The van der Waals surface area contributed by atoms with Crippen LogP contribution < -0.4 is 5.73 Å². The van der Waals surface area contributed by atoms with Gasteiger partial charge in [0.1, 0.15) is 5.70 Å². The SMILES string of the molecule is C/C=C(/F)N=C(N)C(N=CC(C)C)=C(C)C. The smallest absolute Gasteiger partial charge is 0.210 e. The standard InChI is InChI=1S/C12H20FN3/c1-6-10(13)16-12(14)11(9(4)5)15-7-8(2)3/h6-8H,1-5H3,(H2,14,16)/b10-6-,15-7?. The molecule has 0 aromatic carbocycles. The average Bonchev–Trinajstić information content (AvgIpc) is 2.16. The third-order valence-electron chi connectivity index (χ3n) is 1.68. The fourth-order valence-corrected chi connectivity index (χ4v) is 0.908. The van der Waals surface area contributed by atoms with Gasteiger partial charge in [0.25, 0.3) is 0 Å². The summed E-state index contributed by atoms with van der Waals surface area (Å²) in [5, 5.41) is 0. The second-order valence-corrected chi connectivity index (χ2v) is 3.98. The molecule has 0 amide bonds. The van der Waals surface area contributed by atoms with Crippen LogP contribution in [0, 0.1) is 5.92 Å². The minimum Gasteiger partial charge on any atom is -0.382 e. The molecule has 0 fully saturated rings. The van der Waals surface area contributed by atoms with Gasteiger partial charge in [0, 0.05) is 6.21 Å². The zero-order valence-electron chi connectivity index (χ0n) is 10.6. The molecule has 0 saturated carbocycles. The van der Waals surface area contributed by atoms with Gasteiger partial charge in [-0.05, 0) is 38.3 Å². The van der Waals surface area contributed by atoms with E-state index < -0.39 is 5.95 Å². The largest absolute Gasteiger partial charge is 0.382 e. The molecular formula is C12H20FN3. The summed E-state index contributed by atoms with van der Waals surface area (Å²) in [5.41, 5.74) is 7.12. The molecule has 16 heavy (non-hydrogen) atoms. The maximum absolute atomic E-state index is 12.9. The lowest BCUT2D eigenvalue weighted by molar-refractivity contribution is 0.626. The summed E-state index contributed by atoms with van der Waals surface area (Å²) in [6.07, 6.45) is 3.01. The summed E-state index contributed by atoms with van der Waals surface area (Å²) in [6, 6.07) is 0. The summed E-state index contributed by atoms with van der Waals surface area (Å²) >= 11 is 0. The Labute approximate surface area is 96.7 Å². The Morgan fingerprint density at radius 1 is 1.31 bits per heavy atom. The maximum atomic E-state index is 12.9. The van der Waals surface area contributed by atoms with Crippen LogP contribution in [0.4, 0.5) is 4.39 Å². The molecular weight excluding hydrogens is 205 g/mol. The van der Waals surface area contributed by atoms with Crippen LogP contribution in [0.2, 0.25) is 0 Å². The fraction of sp³-hybridized carbons (Fsp3) is 0.500. The first-order valence-electron chi connectivity index (χ1n) is 5.26. The predicted octanol–water partition coefficient (Wildman–Crippen LogP) is 3.20. The molecule has 2 N–H and O–H groups in total. The van der Waals surface area contributed by atoms with Gasteiger partial charge in [-0.25, -0.2) is 4.99 Å². The summed E-state index contributed by atoms with van der Waals surface area (Å²) in [4.78, 5) is 7.83. The van der Waals surface area contributed by atoms with E-state index in [1.165, 1.54) is 6.08 Å². The molecule has 0 saturated heterocycles. The molecule has 0 radical (unpaired) electrons. The van der Waals surface area contributed by atoms with Crippen molar-refractivity contribution in [3.8, 4) is 0 Å². The van der Waals surface area contributed by atoms with Crippen molar-refractivity contribution >= 4 is 12.1 Å². The molecule has 0 rings (SSSR count). The molecule has 90 valence electrons. The molecule has 0 spiro atoms. The zero-order valence-corrected chi connectivity index (χ0v) is 10.6. The summed E-state index contributed by atoms with van der Waals surface area (Å²) in [5.74, 6) is -0.183. The predicted molar refractivity (Wildman–Crippen MR) is 68.2 cm³/mol. The Hall–Kier alpha value is -1.45. The number of amidine groups is 1. The maximum Gasteiger partial charge on any atom is 0.210 e. The first-order chi connectivity index (χ1) is 7.38. The average molecular weight is 225 g/mol. The molecule has 0 aliphatic heterocycles. The number of hydrogen-bond acceptors (Lipinski definition) is 2. The number of allylic oxidation sites excluding steroid dienone is 2. The van der Waals surface area contributed by atoms with Crippen LogP contribution in [-0.4, -0.2) is 12.1 Å². The topological polar surface area (TPSA) is 50.7 Å². The van der Waals surface area contributed by atoms with Crippen molar-refractivity contribution in [2.24, 2.45) is 21.6 Å². The highest BCUT2D eigenvalue weighted by molar-refractivity contribution is 5.98. The van der Waals surface area contributed by atoms with Crippen molar-refractivity contribution in [3.63, 3.8) is 0 Å². The van der Waals surface area contributed by atoms with Crippen molar-refractivity contribution in [3.05, 3.63) is 23.3 Å². The third kappa shape index (κ3) is 5.44. The Bertz CT molecular complexity index is 345. The molecule has 0 aliphatic rings. The van der Waals surface area contributed by atoms with Gasteiger partial charge in [0.2, 0.25) is 5.95 Å². The number of nitrogens with zero attached hydrogens (tertiary/aromatic N) is 2. The highest BCUT2D eigenvalue weighted by Gasteiger charge is 2.04. The van der Waals surface area contributed by atoms with Gasteiger partial charge in [-0.2, -0.15) is 4.39 Å². The zero-order chi connectivity index (χ0) is 12.7. The van der Waals surface area contributed by atoms with E-state index in [1.54, 1.807) is 13.1 Å². The van der Waals surface area contributed by atoms with Gasteiger partial charge in [0.15, 0.2) is 5.84 Å². The highest BCUT2D eigenvalue weighted by Crippen LogP contribution is 2.08. The Morgan fingerprint density at radius 3 is 2.25 bits per heavy atom. The minimum atomic E-state index is -0.601. The Balaban J connectivity index is 5.12. The molecule has 3 nitrogen and oxygen atoms in total. The van der Waals surface area contributed by atoms with Crippen LogP contribution in [0.5, 0.6) is 0 Å². The van der Waals surface area contributed by atoms with Gasteiger partial charge in [0.05, 0.1) is 0 Å². The van der Waals surface area contributed by atoms with E-state index >= 15 is 0 Å². The van der Waals surface area contributed by atoms with Crippen LogP contribution in [0.1, 0.15) is 34.6 Å². The second-order valence-electron chi connectivity index (χ2n) is 3.98. The third-order valence-corrected chi connectivity index (χ3v) is 1.68. The number of halogens is 1. The van der Waals surface area contributed by atoms with E-state index in [2.05, 4.69) is 9.98 Å². The monoisotopic (exact) mass is 225 g/mol. The van der Waals surface area contributed by atoms with E-state index in [0.29, 0.717) is 11.6 Å². The van der Waals surface area contributed by atoms with Crippen LogP contribution in [0.3, 0.4) is 0 Å². The normalized spacial score (nSPS) is 13.7. The molecule has 0 heterocycles. The Morgan fingerprint density at radius 2 is 1.88 bits per heavy atom. The number of nitrogens with two attached hydrogens (primary N) is 1. The van der Waals surface area contributed by atoms with E-state index in [4.69, 9.17) is 5.73 Å². The first-order valence-corrected chi connectivity index (χ1v) is 5.26. The van der Waals surface area contributed by atoms with Crippen molar-refractivity contribution in [2.75, 3.05) is 0 Å². The molecule has 0 unspecified atom stereocenters. The van der Waals surface area contributed by atoms with E-state index in [9.17, 15) is 4.39 Å². The number of aliphatic imine (C=N–C) groups is 2. The second kappa shape index (κ2) is 6.93.